The fourth-order valence-electron chi connectivity index (χ4n) is 2.01. The van der Waals surface area contributed by atoms with Crippen LogP contribution in [0.2, 0.25) is 0 Å². The minimum absolute atomic E-state index is 0.0412. The Balaban J connectivity index is 2.16. The molecule has 0 radical (unpaired) electrons. The van der Waals surface area contributed by atoms with Crippen molar-refractivity contribution in [2.24, 2.45) is 0 Å². The molecule has 2 aromatic rings. The predicted octanol–water partition coefficient (Wildman–Crippen LogP) is 2.87. The summed E-state index contributed by atoms with van der Waals surface area (Å²) in [6.45, 7) is 0.167. The number of carboxylic acid groups (broad SMARTS) is 1. The van der Waals surface area contributed by atoms with Crippen molar-refractivity contribution in [2.45, 2.75) is 25.7 Å². The molecule has 0 saturated heterocycles. The van der Waals surface area contributed by atoms with Gasteiger partial charge in [-0.15, -0.1) is 11.3 Å². The topological polar surface area (TPSA) is 74.6 Å². The zero-order valence-electron chi connectivity index (χ0n) is 11.0. The molecule has 0 saturated carbocycles. The maximum atomic E-state index is 11.9. The Hall–Kier alpha value is -1.72. The molecule has 2 N–H and O–H groups in total. The number of aliphatic carboxylic acids is 1. The highest BCUT2D eigenvalue weighted by Crippen LogP contribution is 2.28. The molecule has 0 spiro atoms. The van der Waals surface area contributed by atoms with Crippen LogP contribution in [0.1, 0.15) is 34.5 Å². The maximum absolute atomic E-state index is 11.9. The highest BCUT2D eigenvalue weighted by Gasteiger charge is 2.12. The average Bonchev–Trinajstić information content (AvgIpc) is 2.85. The van der Waals surface area contributed by atoms with Crippen LogP contribution < -0.4 is 0 Å². The number of rotatable bonds is 7. The number of aryl methyl sites for hydroxylation is 1. The first-order valence-corrected chi connectivity index (χ1v) is 7.30. The van der Waals surface area contributed by atoms with Gasteiger partial charge in [-0.25, -0.2) is 0 Å². The summed E-state index contributed by atoms with van der Waals surface area (Å²) in [6.07, 6.45) is 1.44. The number of carbonyl (C=O) groups is 2. The summed E-state index contributed by atoms with van der Waals surface area (Å²) in [4.78, 5) is 23.0. The molecule has 0 aliphatic heterocycles. The number of hydrogen-bond acceptors (Lipinski definition) is 4. The van der Waals surface area contributed by atoms with E-state index in [2.05, 4.69) is 0 Å². The first-order chi connectivity index (χ1) is 9.60. The quantitative estimate of drug-likeness (QED) is 0.769. The summed E-state index contributed by atoms with van der Waals surface area (Å²) in [7, 11) is 0. The van der Waals surface area contributed by atoms with Gasteiger partial charge < -0.3 is 10.2 Å². The SMILES string of the molecule is O=C(O)CCC(=O)c1cc2cc(CCCO)ccc2s1. The molecule has 4 nitrogen and oxygen atoms in total. The summed E-state index contributed by atoms with van der Waals surface area (Å²) in [5, 5.41) is 18.4. The Kier molecular flexibility index (Phi) is 4.87. The molecular formula is C15H16O4S. The van der Waals surface area contributed by atoms with Crippen molar-refractivity contribution in [3.8, 4) is 0 Å². The highest BCUT2D eigenvalue weighted by atomic mass is 32.1. The van der Waals surface area contributed by atoms with Gasteiger partial charge in [-0.3, -0.25) is 9.59 Å². The molecule has 2 rings (SSSR count). The van der Waals surface area contributed by atoms with Crippen molar-refractivity contribution in [1.29, 1.82) is 0 Å². The van der Waals surface area contributed by atoms with Gasteiger partial charge in [0.1, 0.15) is 0 Å². The summed E-state index contributed by atoms with van der Waals surface area (Å²) in [5.74, 6) is -1.07. The van der Waals surface area contributed by atoms with E-state index in [1.165, 1.54) is 11.3 Å². The smallest absolute Gasteiger partial charge is 0.303 e. The number of Topliss-reactive ketones (excluding diaryl/α,β-unsaturated/α-hetero) is 1. The van der Waals surface area contributed by atoms with E-state index in [1.807, 2.05) is 24.3 Å². The van der Waals surface area contributed by atoms with E-state index in [1.54, 1.807) is 0 Å². The van der Waals surface area contributed by atoms with Crippen molar-refractivity contribution in [3.05, 3.63) is 34.7 Å². The van der Waals surface area contributed by atoms with Crippen LogP contribution in [0.25, 0.3) is 10.1 Å². The van der Waals surface area contributed by atoms with Gasteiger partial charge in [0.15, 0.2) is 5.78 Å². The lowest BCUT2D eigenvalue weighted by atomic mass is 10.1. The second kappa shape index (κ2) is 6.63. The van der Waals surface area contributed by atoms with E-state index in [0.717, 1.165) is 28.5 Å². The van der Waals surface area contributed by atoms with E-state index in [-0.39, 0.29) is 25.2 Å². The lowest BCUT2D eigenvalue weighted by Crippen LogP contribution is -2.01. The standard InChI is InChI=1S/C15H16O4S/c16-7-1-2-10-3-5-13-11(8-10)9-14(20-13)12(17)4-6-15(18)19/h3,5,8-9,16H,1-2,4,6-7H2,(H,18,19). The number of fused-ring (bicyclic) bond motifs is 1. The number of thiophene rings is 1. The molecular weight excluding hydrogens is 276 g/mol. The van der Waals surface area contributed by atoms with Crippen molar-refractivity contribution < 1.29 is 19.8 Å². The number of ketones is 1. The van der Waals surface area contributed by atoms with Crippen LogP contribution in [0.3, 0.4) is 0 Å². The van der Waals surface area contributed by atoms with Crippen LogP contribution in [0.4, 0.5) is 0 Å². The Morgan fingerprint density at radius 3 is 2.65 bits per heavy atom. The second-order valence-corrected chi connectivity index (χ2v) is 5.71. The zero-order chi connectivity index (χ0) is 14.5. The van der Waals surface area contributed by atoms with Gasteiger partial charge in [0.05, 0.1) is 11.3 Å². The molecule has 1 aromatic carbocycles. The van der Waals surface area contributed by atoms with Gasteiger partial charge in [0, 0.05) is 17.7 Å². The first-order valence-electron chi connectivity index (χ1n) is 6.48. The lowest BCUT2D eigenvalue weighted by Gasteiger charge is -1.98. The molecule has 1 aromatic heterocycles. The van der Waals surface area contributed by atoms with Crippen molar-refractivity contribution >= 4 is 33.2 Å². The monoisotopic (exact) mass is 292 g/mol. The molecule has 0 atom stereocenters. The van der Waals surface area contributed by atoms with Gasteiger partial charge >= 0.3 is 5.97 Å². The van der Waals surface area contributed by atoms with E-state index in [0.29, 0.717) is 4.88 Å². The minimum atomic E-state index is -0.953. The highest BCUT2D eigenvalue weighted by molar-refractivity contribution is 7.20. The molecule has 0 unspecified atom stereocenters. The summed E-state index contributed by atoms with van der Waals surface area (Å²) >= 11 is 1.40. The maximum Gasteiger partial charge on any atom is 0.303 e. The number of aliphatic hydroxyl groups is 1. The number of carbonyl (C=O) groups excluding carboxylic acids is 1. The van der Waals surface area contributed by atoms with Gasteiger partial charge in [-0.05, 0) is 35.9 Å². The second-order valence-electron chi connectivity index (χ2n) is 4.63. The van der Waals surface area contributed by atoms with Crippen LogP contribution in [-0.2, 0) is 11.2 Å². The van der Waals surface area contributed by atoms with Crippen LogP contribution in [-0.4, -0.2) is 28.6 Å². The average molecular weight is 292 g/mol. The fourth-order valence-corrected chi connectivity index (χ4v) is 3.02. The number of aliphatic hydroxyl groups excluding tert-OH is 1. The summed E-state index contributed by atoms with van der Waals surface area (Å²) in [6, 6.07) is 7.82. The molecule has 0 aliphatic carbocycles. The third kappa shape index (κ3) is 3.65. The molecule has 0 fully saturated rings. The Morgan fingerprint density at radius 1 is 1.15 bits per heavy atom. The van der Waals surface area contributed by atoms with Gasteiger partial charge in [-0.2, -0.15) is 0 Å². The Labute approximate surface area is 120 Å². The lowest BCUT2D eigenvalue weighted by molar-refractivity contribution is -0.136. The molecule has 0 amide bonds. The fraction of sp³-hybridized carbons (Fsp3) is 0.333. The van der Waals surface area contributed by atoms with E-state index in [9.17, 15) is 9.59 Å². The van der Waals surface area contributed by atoms with Crippen LogP contribution in [0, 0.1) is 0 Å². The largest absolute Gasteiger partial charge is 0.481 e. The normalized spacial score (nSPS) is 10.8. The third-order valence-electron chi connectivity index (χ3n) is 3.05. The van der Waals surface area contributed by atoms with Gasteiger partial charge in [0.25, 0.3) is 0 Å². The molecule has 20 heavy (non-hydrogen) atoms. The summed E-state index contributed by atoms with van der Waals surface area (Å²) < 4.78 is 1.02. The number of benzene rings is 1. The third-order valence-corrected chi connectivity index (χ3v) is 4.20. The zero-order valence-corrected chi connectivity index (χ0v) is 11.8. The molecule has 1 heterocycles. The van der Waals surface area contributed by atoms with E-state index in [4.69, 9.17) is 10.2 Å². The van der Waals surface area contributed by atoms with Gasteiger partial charge in [0.2, 0.25) is 0 Å². The van der Waals surface area contributed by atoms with Crippen LogP contribution in [0.5, 0.6) is 0 Å². The predicted molar refractivity (Wildman–Crippen MR) is 78.4 cm³/mol. The Bertz CT molecular complexity index is 630. The van der Waals surface area contributed by atoms with Crippen LogP contribution >= 0.6 is 11.3 Å². The van der Waals surface area contributed by atoms with Crippen LogP contribution in [0.15, 0.2) is 24.3 Å². The molecule has 106 valence electrons. The minimum Gasteiger partial charge on any atom is -0.481 e. The van der Waals surface area contributed by atoms with Gasteiger partial charge in [-0.1, -0.05) is 12.1 Å². The van der Waals surface area contributed by atoms with Crippen molar-refractivity contribution in [3.63, 3.8) is 0 Å². The Morgan fingerprint density at radius 2 is 1.95 bits per heavy atom. The first kappa shape index (κ1) is 14.7. The van der Waals surface area contributed by atoms with Crippen molar-refractivity contribution in [2.75, 3.05) is 6.61 Å². The van der Waals surface area contributed by atoms with E-state index >= 15 is 0 Å². The number of carboxylic acids is 1. The van der Waals surface area contributed by atoms with E-state index < -0.39 is 5.97 Å². The summed E-state index contributed by atoms with van der Waals surface area (Å²) in [5.41, 5.74) is 1.13. The van der Waals surface area contributed by atoms with Crippen molar-refractivity contribution in [1.82, 2.24) is 0 Å². The molecule has 0 aliphatic rings. The number of hydrogen-bond donors (Lipinski definition) is 2. The molecule has 5 heteroatoms. The molecule has 0 bridgehead atoms.